The Kier molecular flexibility index (Phi) is 4.23. The van der Waals surface area contributed by atoms with Gasteiger partial charge >= 0.3 is 0 Å². The molecule has 0 fully saturated rings. The molecule has 3 aromatic carbocycles. The fourth-order valence-corrected chi connectivity index (χ4v) is 3.00. The van der Waals surface area contributed by atoms with Gasteiger partial charge in [0.25, 0.3) is 0 Å². The summed E-state index contributed by atoms with van der Waals surface area (Å²) in [5, 5.41) is 14.6. The second kappa shape index (κ2) is 6.84. The summed E-state index contributed by atoms with van der Waals surface area (Å²) in [6, 6.07) is 25.3. The second-order valence-electron chi connectivity index (χ2n) is 6.21. The van der Waals surface area contributed by atoms with E-state index < -0.39 is 0 Å². The Balaban J connectivity index is 1.81. The fourth-order valence-electron chi connectivity index (χ4n) is 3.00. The van der Waals surface area contributed by atoms with E-state index in [1.54, 1.807) is 12.1 Å². The Morgan fingerprint density at radius 1 is 0.808 bits per heavy atom. The molecule has 1 aromatic heterocycles. The fraction of sp³-hybridized carbons (Fsp3) is 0.0909. The summed E-state index contributed by atoms with van der Waals surface area (Å²) >= 11 is 0. The summed E-state index contributed by atoms with van der Waals surface area (Å²) in [5.74, 6) is 1.43. The summed E-state index contributed by atoms with van der Waals surface area (Å²) < 4.78 is 0. The van der Waals surface area contributed by atoms with Crippen LogP contribution in [0.3, 0.4) is 0 Å². The Hall–Kier alpha value is -3.40. The van der Waals surface area contributed by atoms with Gasteiger partial charge in [0.05, 0.1) is 11.1 Å². The first-order chi connectivity index (χ1) is 12.7. The number of fused-ring (bicyclic) bond motifs is 1. The number of nitrogens with one attached hydrogen (secondary N) is 1. The molecule has 0 radical (unpaired) electrons. The third-order valence-corrected chi connectivity index (χ3v) is 4.40. The molecule has 26 heavy (non-hydrogen) atoms. The highest BCUT2D eigenvalue weighted by Gasteiger charge is 2.14. The third-order valence-electron chi connectivity index (χ3n) is 4.40. The average molecular weight is 341 g/mol. The molecule has 4 aromatic rings. The molecule has 0 aliphatic rings. The molecule has 0 aliphatic heterocycles. The Labute approximate surface area is 152 Å². The van der Waals surface area contributed by atoms with E-state index in [1.807, 2.05) is 54.6 Å². The maximum Gasteiger partial charge on any atom is 0.165 e. The minimum Gasteiger partial charge on any atom is -0.507 e. The highest BCUT2D eigenvalue weighted by molar-refractivity contribution is 5.91. The lowest BCUT2D eigenvalue weighted by atomic mass is 10.1. The molecule has 0 bridgehead atoms. The number of nitrogens with zero attached hydrogens (tertiary/aromatic N) is 2. The van der Waals surface area contributed by atoms with Crippen molar-refractivity contribution in [1.29, 1.82) is 0 Å². The smallest absolute Gasteiger partial charge is 0.165 e. The van der Waals surface area contributed by atoms with E-state index in [1.165, 1.54) is 5.56 Å². The summed E-state index contributed by atoms with van der Waals surface area (Å²) in [6.45, 7) is 2.10. The number of hydrogen-bond donors (Lipinski definition) is 2. The number of para-hydroxylation sites is 2. The molecule has 4 rings (SSSR count). The summed E-state index contributed by atoms with van der Waals surface area (Å²) in [4.78, 5) is 9.35. The van der Waals surface area contributed by atoms with Crippen LogP contribution in [0.4, 0.5) is 5.82 Å². The Bertz CT molecular complexity index is 1050. The Morgan fingerprint density at radius 3 is 2.31 bits per heavy atom. The van der Waals surface area contributed by atoms with Crippen molar-refractivity contribution < 1.29 is 5.11 Å². The molecule has 0 saturated heterocycles. The van der Waals surface area contributed by atoms with Gasteiger partial charge in [-0.25, -0.2) is 9.97 Å². The van der Waals surface area contributed by atoms with Crippen molar-refractivity contribution in [2.75, 3.05) is 5.32 Å². The lowest BCUT2D eigenvalue weighted by molar-refractivity contribution is 0.477. The van der Waals surface area contributed by atoms with Crippen LogP contribution in [0.5, 0.6) is 5.75 Å². The van der Waals surface area contributed by atoms with Gasteiger partial charge in [-0.3, -0.25) is 0 Å². The average Bonchev–Trinajstić information content (AvgIpc) is 2.69. The monoisotopic (exact) mass is 341 g/mol. The van der Waals surface area contributed by atoms with Gasteiger partial charge in [0.15, 0.2) is 5.82 Å². The second-order valence-corrected chi connectivity index (χ2v) is 6.21. The molecule has 4 nitrogen and oxygen atoms in total. The van der Waals surface area contributed by atoms with Crippen molar-refractivity contribution in [1.82, 2.24) is 9.97 Å². The van der Waals surface area contributed by atoms with E-state index in [9.17, 15) is 5.11 Å². The minimum atomic E-state index is 0.0896. The largest absolute Gasteiger partial charge is 0.507 e. The quantitative estimate of drug-likeness (QED) is 0.537. The summed E-state index contributed by atoms with van der Waals surface area (Å²) in [7, 11) is 0. The SMILES string of the molecule is C[C@H](Nc1nc(-c2ccccc2O)nc2ccccc12)c1ccccc1. The van der Waals surface area contributed by atoms with Gasteiger partial charge in [-0.15, -0.1) is 0 Å². The molecule has 1 atom stereocenters. The van der Waals surface area contributed by atoms with Crippen molar-refractivity contribution >= 4 is 16.7 Å². The predicted molar refractivity (Wildman–Crippen MR) is 105 cm³/mol. The molecule has 0 aliphatic carbocycles. The molecule has 0 amide bonds. The maximum absolute atomic E-state index is 10.2. The van der Waals surface area contributed by atoms with Crippen LogP contribution in [0.2, 0.25) is 0 Å². The van der Waals surface area contributed by atoms with E-state index in [4.69, 9.17) is 4.98 Å². The molecule has 0 unspecified atom stereocenters. The van der Waals surface area contributed by atoms with Gasteiger partial charge in [-0.2, -0.15) is 0 Å². The normalized spacial score (nSPS) is 12.0. The molecular weight excluding hydrogens is 322 g/mol. The topological polar surface area (TPSA) is 58.0 Å². The summed E-state index contributed by atoms with van der Waals surface area (Å²) in [6.07, 6.45) is 0. The van der Waals surface area contributed by atoms with Crippen LogP contribution in [0, 0.1) is 0 Å². The zero-order valence-corrected chi connectivity index (χ0v) is 14.4. The van der Waals surface area contributed by atoms with Crippen LogP contribution in [-0.4, -0.2) is 15.1 Å². The maximum atomic E-state index is 10.2. The lowest BCUT2D eigenvalue weighted by Gasteiger charge is -2.17. The van der Waals surface area contributed by atoms with Gasteiger partial charge in [-0.1, -0.05) is 54.6 Å². The number of aromatic hydroxyl groups is 1. The van der Waals surface area contributed by atoms with Crippen molar-refractivity contribution in [2.24, 2.45) is 0 Å². The first-order valence-corrected chi connectivity index (χ1v) is 8.59. The van der Waals surface area contributed by atoms with Crippen LogP contribution in [-0.2, 0) is 0 Å². The first-order valence-electron chi connectivity index (χ1n) is 8.59. The third kappa shape index (κ3) is 3.09. The minimum absolute atomic E-state index is 0.0896. The van der Waals surface area contributed by atoms with Crippen LogP contribution < -0.4 is 5.32 Å². The predicted octanol–water partition coefficient (Wildman–Crippen LogP) is 5.18. The number of rotatable bonds is 4. The zero-order chi connectivity index (χ0) is 17.9. The molecule has 2 N–H and O–H groups in total. The number of phenols is 1. The molecule has 0 saturated carbocycles. The van der Waals surface area contributed by atoms with Crippen LogP contribution in [0.1, 0.15) is 18.5 Å². The number of hydrogen-bond acceptors (Lipinski definition) is 4. The number of phenolic OH excluding ortho intramolecular Hbond substituents is 1. The van der Waals surface area contributed by atoms with Gasteiger partial charge in [0.1, 0.15) is 11.6 Å². The van der Waals surface area contributed by atoms with Crippen molar-refractivity contribution in [3.8, 4) is 17.1 Å². The van der Waals surface area contributed by atoms with Crippen LogP contribution in [0.15, 0.2) is 78.9 Å². The van der Waals surface area contributed by atoms with E-state index in [0.29, 0.717) is 11.4 Å². The molecule has 1 heterocycles. The van der Waals surface area contributed by atoms with E-state index in [2.05, 4.69) is 29.4 Å². The number of benzene rings is 3. The standard InChI is InChI=1S/C22H19N3O/c1-15(16-9-3-2-4-10-16)23-21-17-11-5-7-13-19(17)24-22(25-21)18-12-6-8-14-20(18)26/h2-15,26H,1H3,(H,23,24,25)/t15-/m0/s1. The summed E-state index contributed by atoms with van der Waals surface area (Å²) in [5.41, 5.74) is 2.64. The molecule has 0 spiro atoms. The Morgan fingerprint density at radius 2 is 1.50 bits per heavy atom. The molecule has 128 valence electrons. The van der Waals surface area contributed by atoms with Crippen molar-refractivity contribution in [3.05, 3.63) is 84.4 Å². The van der Waals surface area contributed by atoms with E-state index in [-0.39, 0.29) is 11.8 Å². The first kappa shape index (κ1) is 16.1. The van der Waals surface area contributed by atoms with Gasteiger partial charge in [-0.05, 0) is 36.8 Å². The number of aromatic nitrogens is 2. The van der Waals surface area contributed by atoms with Gasteiger partial charge < -0.3 is 10.4 Å². The number of anilines is 1. The zero-order valence-electron chi connectivity index (χ0n) is 14.4. The highest BCUT2D eigenvalue weighted by Crippen LogP contribution is 2.31. The van der Waals surface area contributed by atoms with Gasteiger partial charge in [0.2, 0.25) is 0 Å². The van der Waals surface area contributed by atoms with Gasteiger partial charge in [0, 0.05) is 11.4 Å². The van der Waals surface area contributed by atoms with Crippen molar-refractivity contribution in [3.63, 3.8) is 0 Å². The van der Waals surface area contributed by atoms with E-state index >= 15 is 0 Å². The highest BCUT2D eigenvalue weighted by atomic mass is 16.3. The van der Waals surface area contributed by atoms with E-state index in [0.717, 1.165) is 16.7 Å². The lowest BCUT2D eigenvalue weighted by Crippen LogP contribution is -2.09. The van der Waals surface area contributed by atoms with Crippen molar-refractivity contribution in [2.45, 2.75) is 13.0 Å². The molecule has 4 heteroatoms. The molecular formula is C22H19N3O. The van der Waals surface area contributed by atoms with Crippen LogP contribution in [0.25, 0.3) is 22.3 Å². The van der Waals surface area contributed by atoms with Crippen LogP contribution >= 0.6 is 0 Å².